The average molecular weight is 290 g/mol. The molecule has 4 nitrogen and oxygen atoms in total. The van der Waals surface area contributed by atoms with Crippen molar-refractivity contribution in [3.63, 3.8) is 0 Å². The summed E-state index contributed by atoms with van der Waals surface area (Å²) >= 11 is 0. The number of allylic oxidation sites excluding steroid dienone is 1. The molecule has 0 aromatic heterocycles. The Bertz CT molecular complexity index is 480. The van der Waals surface area contributed by atoms with Gasteiger partial charge < -0.3 is 9.47 Å². The van der Waals surface area contributed by atoms with Gasteiger partial charge in [0.1, 0.15) is 5.57 Å². The van der Waals surface area contributed by atoms with Crippen molar-refractivity contribution in [2.75, 3.05) is 13.2 Å². The topological polar surface area (TPSA) is 52.6 Å². The highest BCUT2D eigenvalue weighted by Crippen LogP contribution is 2.09. The molecule has 0 aliphatic heterocycles. The van der Waals surface area contributed by atoms with E-state index in [1.807, 2.05) is 24.3 Å². The predicted molar refractivity (Wildman–Crippen MR) is 80.9 cm³/mol. The van der Waals surface area contributed by atoms with Crippen molar-refractivity contribution in [2.24, 2.45) is 0 Å². The molecule has 4 heteroatoms. The monoisotopic (exact) mass is 290 g/mol. The van der Waals surface area contributed by atoms with Gasteiger partial charge in [-0.2, -0.15) is 0 Å². The Balaban J connectivity index is 2.85. The normalized spacial score (nSPS) is 9.86. The lowest BCUT2D eigenvalue weighted by Crippen LogP contribution is -2.18. The zero-order chi connectivity index (χ0) is 15.7. The van der Waals surface area contributed by atoms with E-state index in [9.17, 15) is 9.59 Å². The van der Waals surface area contributed by atoms with Crippen LogP contribution in [0.1, 0.15) is 31.9 Å². The molecule has 0 atom stereocenters. The lowest BCUT2D eigenvalue weighted by Gasteiger charge is -2.07. The molecule has 0 aliphatic rings. The molecule has 0 saturated heterocycles. The Kier molecular flexibility index (Phi) is 7.23. The van der Waals surface area contributed by atoms with Gasteiger partial charge in [0.25, 0.3) is 0 Å². The number of esters is 2. The zero-order valence-corrected chi connectivity index (χ0v) is 12.8. The molecule has 114 valence electrons. The lowest BCUT2D eigenvalue weighted by molar-refractivity contribution is -0.146. The van der Waals surface area contributed by atoms with E-state index >= 15 is 0 Å². The first-order chi connectivity index (χ1) is 10.1. The molecule has 1 aromatic rings. The van der Waals surface area contributed by atoms with E-state index in [4.69, 9.17) is 9.47 Å². The Hall–Kier alpha value is -2.10. The van der Waals surface area contributed by atoms with Crippen molar-refractivity contribution in [3.8, 4) is 0 Å². The zero-order valence-electron chi connectivity index (χ0n) is 12.8. The molecular formula is C17H22O4. The molecule has 0 amide bonds. The minimum Gasteiger partial charge on any atom is -0.462 e. The Morgan fingerprint density at radius 3 is 1.81 bits per heavy atom. The van der Waals surface area contributed by atoms with Crippen LogP contribution in [-0.4, -0.2) is 25.2 Å². The van der Waals surface area contributed by atoms with Gasteiger partial charge in [0.05, 0.1) is 13.2 Å². The first kappa shape index (κ1) is 17.0. The molecule has 0 fully saturated rings. The quantitative estimate of drug-likeness (QED) is 0.335. The van der Waals surface area contributed by atoms with Crippen molar-refractivity contribution >= 4 is 11.9 Å². The summed E-state index contributed by atoms with van der Waals surface area (Å²) in [5.74, 6) is -1.28. The number of ether oxygens (including phenoxy) is 2. The van der Waals surface area contributed by atoms with Gasteiger partial charge in [0.15, 0.2) is 0 Å². The van der Waals surface area contributed by atoms with Crippen LogP contribution in [0.3, 0.4) is 0 Å². The number of carbonyl (C=O) groups is 2. The molecule has 0 spiro atoms. The number of hydrogen-bond donors (Lipinski definition) is 0. The van der Waals surface area contributed by atoms with Gasteiger partial charge in [-0.1, -0.05) is 37.3 Å². The van der Waals surface area contributed by atoms with Crippen LogP contribution in [0.2, 0.25) is 0 Å². The Morgan fingerprint density at radius 1 is 0.905 bits per heavy atom. The molecule has 0 radical (unpaired) electrons. The van der Waals surface area contributed by atoms with E-state index in [-0.39, 0.29) is 18.8 Å². The maximum absolute atomic E-state index is 11.8. The van der Waals surface area contributed by atoms with Crippen LogP contribution in [0.4, 0.5) is 0 Å². The van der Waals surface area contributed by atoms with Gasteiger partial charge in [0.2, 0.25) is 0 Å². The molecule has 0 aliphatic carbocycles. The molecule has 0 unspecified atom stereocenters. The smallest absolute Gasteiger partial charge is 0.345 e. The minimum atomic E-state index is -0.638. The van der Waals surface area contributed by atoms with E-state index in [0.29, 0.717) is 6.42 Å². The predicted octanol–water partition coefficient (Wildman–Crippen LogP) is 2.84. The Morgan fingerprint density at radius 2 is 1.38 bits per heavy atom. The standard InChI is InChI=1S/C17H22O4/c1-4-13-7-9-14(10-8-13)11-12-15(16(18)20-5-2)17(19)21-6-3/h7-10,12H,4-6,11H2,1-3H3. The number of carbonyl (C=O) groups excluding carboxylic acids is 2. The summed E-state index contributed by atoms with van der Waals surface area (Å²) in [6.45, 7) is 5.93. The highest BCUT2D eigenvalue weighted by Gasteiger charge is 2.20. The fraction of sp³-hybridized carbons (Fsp3) is 0.412. The molecule has 1 rings (SSSR count). The maximum Gasteiger partial charge on any atom is 0.345 e. The first-order valence-corrected chi connectivity index (χ1v) is 7.24. The van der Waals surface area contributed by atoms with Crippen molar-refractivity contribution in [1.29, 1.82) is 0 Å². The summed E-state index contributed by atoms with van der Waals surface area (Å²) in [4.78, 5) is 23.6. The van der Waals surface area contributed by atoms with Crippen LogP contribution in [0.15, 0.2) is 35.9 Å². The second-order valence-electron chi connectivity index (χ2n) is 4.43. The van der Waals surface area contributed by atoms with Gasteiger partial charge in [-0.3, -0.25) is 0 Å². The summed E-state index contributed by atoms with van der Waals surface area (Å²) in [6, 6.07) is 8.06. The van der Waals surface area contributed by atoms with Crippen molar-refractivity contribution < 1.29 is 19.1 Å². The van der Waals surface area contributed by atoms with E-state index in [1.165, 1.54) is 5.56 Å². The summed E-state index contributed by atoms with van der Waals surface area (Å²) < 4.78 is 9.78. The van der Waals surface area contributed by atoms with Gasteiger partial charge >= 0.3 is 11.9 Å². The second-order valence-corrected chi connectivity index (χ2v) is 4.43. The third-order valence-corrected chi connectivity index (χ3v) is 2.96. The minimum absolute atomic E-state index is 0.0433. The summed E-state index contributed by atoms with van der Waals surface area (Å²) in [6.07, 6.45) is 3.03. The molecule has 21 heavy (non-hydrogen) atoms. The van der Waals surface area contributed by atoms with E-state index in [2.05, 4.69) is 6.92 Å². The Labute approximate surface area is 125 Å². The summed E-state index contributed by atoms with van der Waals surface area (Å²) in [7, 11) is 0. The lowest BCUT2D eigenvalue weighted by atomic mass is 10.1. The fourth-order valence-electron chi connectivity index (χ4n) is 1.80. The number of aryl methyl sites for hydroxylation is 1. The highest BCUT2D eigenvalue weighted by atomic mass is 16.6. The molecule has 0 heterocycles. The highest BCUT2D eigenvalue weighted by molar-refractivity contribution is 6.14. The number of hydrogen-bond acceptors (Lipinski definition) is 4. The van der Waals surface area contributed by atoms with Crippen molar-refractivity contribution in [1.82, 2.24) is 0 Å². The first-order valence-electron chi connectivity index (χ1n) is 7.24. The maximum atomic E-state index is 11.8. The van der Waals surface area contributed by atoms with Gasteiger partial charge in [-0.05, 0) is 37.8 Å². The van der Waals surface area contributed by atoms with Crippen LogP contribution in [-0.2, 0) is 31.9 Å². The van der Waals surface area contributed by atoms with E-state index in [0.717, 1.165) is 12.0 Å². The SMILES string of the molecule is CCOC(=O)C(=CCc1ccc(CC)cc1)C(=O)OCC. The third-order valence-electron chi connectivity index (χ3n) is 2.96. The van der Waals surface area contributed by atoms with Gasteiger partial charge in [-0.15, -0.1) is 0 Å². The summed E-state index contributed by atoms with van der Waals surface area (Å²) in [5.41, 5.74) is 2.23. The van der Waals surface area contributed by atoms with Crippen LogP contribution >= 0.6 is 0 Å². The van der Waals surface area contributed by atoms with Crippen molar-refractivity contribution in [2.45, 2.75) is 33.6 Å². The van der Waals surface area contributed by atoms with E-state index in [1.54, 1.807) is 19.9 Å². The second kappa shape index (κ2) is 8.95. The molecule has 0 N–H and O–H groups in total. The average Bonchev–Trinajstić information content (AvgIpc) is 2.48. The van der Waals surface area contributed by atoms with Crippen LogP contribution < -0.4 is 0 Å². The third kappa shape index (κ3) is 5.42. The van der Waals surface area contributed by atoms with Gasteiger partial charge in [-0.25, -0.2) is 9.59 Å². The molecule has 0 saturated carbocycles. The van der Waals surface area contributed by atoms with Crippen LogP contribution in [0.25, 0.3) is 0 Å². The van der Waals surface area contributed by atoms with Crippen molar-refractivity contribution in [3.05, 3.63) is 47.0 Å². The number of rotatable bonds is 7. The molecule has 0 bridgehead atoms. The van der Waals surface area contributed by atoms with E-state index < -0.39 is 11.9 Å². The largest absolute Gasteiger partial charge is 0.462 e. The van der Waals surface area contributed by atoms with Crippen LogP contribution in [0.5, 0.6) is 0 Å². The van der Waals surface area contributed by atoms with Crippen LogP contribution in [0, 0.1) is 0 Å². The van der Waals surface area contributed by atoms with Gasteiger partial charge in [0, 0.05) is 0 Å². The number of benzene rings is 1. The molecular weight excluding hydrogens is 268 g/mol. The fourth-order valence-corrected chi connectivity index (χ4v) is 1.80. The molecule has 1 aromatic carbocycles. The summed E-state index contributed by atoms with van der Waals surface area (Å²) in [5, 5.41) is 0.